The Morgan fingerprint density at radius 3 is 2.56 bits per heavy atom. The van der Waals surface area contributed by atoms with Gasteiger partial charge in [-0.3, -0.25) is 10.5 Å². The number of carbonyl (C=O) groups excluding carboxylic acids is 2. The standard InChI is InChI=1S/C29H46N2O5/c1-5-18(2)26(33)36-27(3,4)29(28(12-6-7-13-28)21-9-10-24(30)31-17-21)16-20-14-19-8-11-25(32)34-22(19)15-23(20)35-29/h5,19-24,31H,6-17,30H2,1-4H3/p+1. The van der Waals surface area contributed by atoms with Crippen LogP contribution in [0.5, 0.6) is 0 Å². The van der Waals surface area contributed by atoms with E-state index in [0.717, 1.165) is 57.9 Å². The van der Waals surface area contributed by atoms with Crippen molar-refractivity contribution >= 4 is 11.9 Å². The zero-order valence-electron chi connectivity index (χ0n) is 22.7. The van der Waals surface area contributed by atoms with Crippen LogP contribution in [0.25, 0.3) is 0 Å². The lowest BCUT2D eigenvalue weighted by Gasteiger charge is -2.57. The summed E-state index contributed by atoms with van der Waals surface area (Å²) in [6.07, 6.45) is 12.8. The van der Waals surface area contributed by atoms with Crippen LogP contribution in [0.4, 0.5) is 0 Å². The summed E-state index contributed by atoms with van der Waals surface area (Å²) in [5, 5.41) is 2.31. The molecule has 0 aromatic heterocycles. The van der Waals surface area contributed by atoms with E-state index >= 15 is 0 Å². The van der Waals surface area contributed by atoms with E-state index in [0.29, 0.717) is 29.7 Å². The van der Waals surface area contributed by atoms with Crippen LogP contribution in [0.15, 0.2) is 11.6 Å². The summed E-state index contributed by atoms with van der Waals surface area (Å²) in [4.78, 5) is 25.2. The molecule has 7 atom stereocenters. The Labute approximate surface area is 216 Å². The highest BCUT2D eigenvalue weighted by molar-refractivity contribution is 5.88. The van der Waals surface area contributed by atoms with E-state index in [-0.39, 0.29) is 35.7 Å². The number of hydrogen-bond acceptors (Lipinski definition) is 6. The van der Waals surface area contributed by atoms with E-state index in [1.54, 1.807) is 0 Å². The molecule has 0 radical (unpaired) electrons. The minimum atomic E-state index is -0.794. The fourth-order valence-corrected chi connectivity index (χ4v) is 8.76. The first-order valence-corrected chi connectivity index (χ1v) is 14.4. The summed E-state index contributed by atoms with van der Waals surface area (Å²) in [7, 11) is 0. The largest absolute Gasteiger partial charge is 0.462 e. The molecule has 0 aromatic rings. The Bertz CT molecular complexity index is 886. The number of quaternary nitrogens is 1. The van der Waals surface area contributed by atoms with E-state index in [2.05, 4.69) is 19.2 Å². The monoisotopic (exact) mass is 503 g/mol. The molecule has 202 valence electrons. The Morgan fingerprint density at radius 2 is 1.89 bits per heavy atom. The molecule has 7 nitrogen and oxygen atoms in total. The maximum atomic E-state index is 13.2. The Morgan fingerprint density at radius 1 is 1.14 bits per heavy atom. The van der Waals surface area contributed by atoms with E-state index in [4.69, 9.17) is 19.9 Å². The van der Waals surface area contributed by atoms with E-state index in [9.17, 15) is 9.59 Å². The molecule has 3 saturated heterocycles. The summed E-state index contributed by atoms with van der Waals surface area (Å²) >= 11 is 0. The van der Waals surface area contributed by atoms with Crippen LogP contribution >= 0.6 is 0 Å². The van der Waals surface area contributed by atoms with Crippen molar-refractivity contribution in [2.45, 2.75) is 128 Å². The number of nitrogens with two attached hydrogens (primary N) is 2. The SMILES string of the molecule is CC=C(C)C(=O)OC(C)(C)C1(C2(C3CCC(N)[NH2+]C3)CCCC2)CC2CC3CCC(=O)OC3CC2O1. The normalized spacial score (nSPS) is 40.8. The topological polar surface area (TPSA) is 104 Å². The zero-order chi connectivity index (χ0) is 25.7. The highest BCUT2D eigenvalue weighted by Crippen LogP contribution is 2.65. The van der Waals surface area contributed by atoms with Crippen molar-refractivity contribution in [3.05, 3.63) is 11.6 Å². The lowest BCUT2D eigenvalue weighted by molar-refractivity contribution is -0.705. The Hall–Kier alpha value is -1.44. The first-order valence-electron chi connectivity index (χ1n) is 14.4. The van der Waals surface area contributed by atoms with Crippen molar-refractivity contribution in [1.29, 1.82) is 0 Å². The van der Waals surface area contributed by atoms with E-state index in [1.165, 1.54) is 12.8 Å². The lowest BCUT2D eigenvalue weighted by atomic mass is 9.54. The molecule has 5 aliphatic rings. The number of esters is 2. The number of piperidine rings is 1. The van der Waals surface area contributed by atoms with Crippen molar-refractivity contribution in [1.82, 2.24) is 0 Å². The van der Waals surface area contributed by atoms with Crippen molar-refractivity contribution in [3.8, 4) is 0 Å². The van der Waals surface area contributed by atoms with Crippen LogP contribution in [0, 0.1) is 23.2 Å². The highest BCUT2D eigenvalue weighted by atomic mass is 16.6. The number of carbonyl (C=O) groups is 2. The van der Waals surface area contributed by atoms with Crippen molar-refractivity contribution < 1.29 is 29.1 Å². The number of hydrogen-bond donors (Lipinski definition) is 2. The Kier molecular flexibility index (Phi) is 7.05. The maximum Gasteiger partial charge on any atom is 0.334 e. The number of rotatable bonds is 5. The highest BCUT2D eigenvalue weighted by Gasteiger charge is 2.70. The Balaban J connectivity index is 1.53. The van der Waals surface area contributed by atoms with Crippen LogP contribution < -0.4 is 11.1 Å². The third kappa shape index (κ3) is 4.23. The molecule has 0 bridgehead atoms. The van der Waals surface area contributed by atoms with E-state index < -0.39 is 11.2 Å². The van der Waals surface area contributed by atoms with Gasteiger partial charge in [-0.1, -0.05) is 18.9 Å². The average molecular weight is 504 g/mol. The molecule has 5 rings (SSSR count). The molecule has 2 aliphatic carbocycles. The number of allylic oxidation sites excluding steroid dienone is 1. The van der Waals surface area contributed by atoms with Crippen LogP contribution in [-0.2, 0) is 23.8 Å². The molecule has 0 aromatic carbocycles. The molecule has 36 heavy (non-hydrogen) atoms. The number of ether oxygens (including phenoxy) is 3. The maximum absolute atomic E-state index is 13.2. The van der Waals surface area contributed by atoms with Gasteiger partial charge in [-0.05, 0) is 78.1 Å². The van der Waals surface area contributed by atoms with Gasteiger partial charge in [-0.25, -0.2) is 4.79 Å². The summed E-state index contributed by atoms with van der Waals surface area (Å²) in [5.41, 5.74) is 5.49. The van der Waals surface area contributed by atoms with Gasteiger partial charge < -0.3 is 19.5 Å². The van der Waals surface area contributed by atoms with Crippen LogP contribution in [0.3, 0.4) is 0 Å². The fraction of sp³-hybridized carbons (Fsp3) is 0.862. The van der Waals surface area contributed by atoms with Crippen LogP contribution in [-0.4, -0.2) is 48.1 Å². The number of fused-ring (bicyclic) bond motifs is 2. The minimum Gasteiger partial charge on any atom is -0.462 e. The molecule has 2 saturated carbocycles. The average Bonchev–Trinajstić information content (AvgIpc) is 3.49. The van der Waals surface area contributed by atoms with Gasteiger partial charge in [0.1, 0.15) is 23.5 Å². The van der Waals surface area contributed by atoms with Gasteiger partial charge >= 0.3 is 11.9 Å². The first-order chi connectivity index (χ1) is 17.1. The fourth-order valence-electron chi connectivity index (χ4n) is 8.76. The second-order valence-electron chi connectivity index (χ2n) is 12.9. The zero-order valence-corrected chi connectivity index (χ0v) is 22.7. The summed E-state index contributed by atoms with van der Waals surface area (Å²) in [5.74, 6) is 0.960. The van der Waals surface area contributed by atoms with Gasteiger partial charge in [0.15, 0.2) is 0 Å². The first kappa shape index (κ1) is 26.2. The van der Waals surface area contributed by atoms with Gasteiger partial charge in [-0.15, -0.1) is 0 Å². The second-order valence-corrected chi connectivity index (χ2v) is 12.9. The van der Waals surface area contributed by atoms with Gasteiger partial charge in [0.05, 0.1) is 12.6 Å². The molecular formula is C29H47N2O5+. The molecule has 0 spiro atoms. The third-order valence-electron chi connectivity index (χ3n) is 10.8. The molecule has 3 aliphatic heterocycles. The molecule has 4 N–H and O–H groups in total. The predicted octanol–water partition coefficient (Wildman–Crippen LogP) is 3.35. The molecule has 0 amide bonds. The second kappa shape index (κ2) is 9.70. The van der Waals surface area contributed by atoms with Gasteiger partial charge in [-0.2, -0.15) is 0 Å². The summed E-state index contributed by atoms with van der Waals surface area (Å²) in [6, 6.07) is 0. The molecule has 3 heterocycles. The molecular weight excluding hydrogens is 456 g/mol. The molecule has 7 heteroatoms. The van der Waals surface area contributed by atoms with Crippen molar-refractivity contribution in [2.24, 2.45) is 28.9 Å². The van der Waals surface area contributed by atoms with Gasteiger partial charge in [0.25, 0.3) is 0 Å². The van der Waals surface area contributed by atoms with Crippen LogP contribution in [0.2, 0.25) is 0 Å². The van der Waals surface area contributed by atoms with Crippen LogP contribution in [0.1, 0.15) is 98.3 Å². The molecule has 5 fully saturated rings. The van der Waals surface area contributed by atoms with Crippen molar-refractivity contribution in [2.75, 3.05) is 6.54 Å². The van der Waals surface area contributed by atoms with Crippen molar-refractivity contribution in [3.63, 3.8) is 0 Å². The van der Waals surface area contributed by atoms with Gasteiger partial charge in [0, 0.05) is 36.2 Å². The lowest BCUT2D eigenvalue weighted by Crippen LogP contribution is -2.96. The third-order valence-corrected chi connectivity index (χ3v) is 10.8. The van der Waals surface area contributed by atoms with E-state index in [1.807, 2.05) is 19.9 Å². The van der Waals surface area contributed by atoms with Gasteiger partial charge in [0.2, 0.25) is 0 Å². The molecule has 7 unspecified atom stereocenters. The minimum absolute atomic E-state index is 0.0326. The summed E-state index contributed by atoms with van der Waals surface area (Å²) < 4.78 is 19.6. The quantitative estimate of drug-likeness (QED) is 0.440. The summed E-state index contributed by atoms with van der Waals surface area (Å²) in [6.45, 7) is 8.89. The predicted molar refractivity (Wildman–Crippen MR) is 136 cm³/mol. The smallest absolute Gasteiger partial charge is 0.334 e.